The van der Waals surface area contributed by atoms with E-state index in [2.05, 4.69) is 25.6 Å². The second-order valence-electron chi connectivity index (χ2n) is 4.86. The molecule has 0 amide bonds. The van der Waals surface area contributed by atoms with Crippen molar-refractivity contribution in [2.45, 2.75) is 13.3 Å². The molecule has 5 nitrogen and oxygen atoms in total. The fraction of sp³-hybridized carbons (Fsp3) is 0.267. The summed E-state index contributed by atoms with van der Waals surface area (Å²) >= 11 is 9.50. The van der Waals surface area contributed by atoms with Crippen LogP contribution in [0.4, 0.5) is 5.69 Å². The van der Waals surface area contributed by atoms with Gasteiger partial charge in [-0.05, 0) is 46.1 Å². The molecule has 2 rings (SSSR count). The zero-order chi connectivity index (χ0) is 17.0. The summed E-state index contributed by atoms with van der Waals surface area (Å²) in [5.41, 5.74) is 1.80. The molecule has 0 aliphatic carbocycles. The minimum Gasteiger partial charge on any atom is -0.497 e. The average Bonchev–Trinajstić information content (AvgIpc) is 2.48. The van der Waals surface area contributed by atoms with Gasteiger partial charge in [0.2, 0.25) is 10.0 Å². The van der Waals surface area contributed by atoms with Gasteiger partial charge in [0.15, 0.2) is 0 Å². The van der Waals surface area contributed by atoms with Gasteiger partial charge in [-0.2, -0.15) is 0 Å². The van der Waals surface area contributed by atoms with E-state index in [0.717, 1.165) is 4.47 Å². The van der Waals surface area contributed by atoms with E-state index in [0.29, 0.717) is 34.1 Å². The molecule has 8 heteroatoms. The highest BCUT2D eigenvalue weighted by atomic mass is 79.9. The highest BCUT2D eigenvalue weighted by Crippen LogP contribution is 2.33. The molecule has 0 saturated heterocycles. The molecule has 0 saturated carbocycles. The SMILES string of the molecule is CCCS(=O)(=O)Nc1cc(OC)cc(-c2cc(Br)cnc2Cl)c1. The molecule has 23 heavy (non-hydrogen) atoms. The molecular weight excluding hydrogens is 404 g/mol. The normalized spacial score (nSPS) is 11.3. The van der Waals surface area contributed by atoms with Gasteiger partial charge in [0.25, 0.3) is 0 Å². The Hall–Kier alpha value is -1.31. The van der Waals surface area contributed by atoms with E-state index < -0.39 is 10.0 Å². The summed E-state index contributed by atoms with van der Waals surface area (Å²) in [6.07, 6.45) is 2.13. The topological polar surface area (TPSA) is 68.3 Å². The first kappa shape index (κ1) is 18.0. The quantitative estimate of drug-likeness (QED) is 0.708. The lowest BCUT2D eigenvalue weighted by Gasteiger charge is -2.12. The highest BCUT2D eigenvalue weighted by Gasteiger charge is 2.13. The third-order valence-electron chi connectivity index (χ3n) is 3.01. The van der Waals surface area contributed by atoms with Crippen LogP contribution in [0, 0.1) is 0 Å². The van der Waals surface area contributed by atoms with Gasteiger partial charge in [0, 0.05) is 22.3 Å². The summed E-state index contributed by atoms with van der Waals surface area (Å²) < 4.78 is 32.5. The molecule has 1 N–H and O–H groups in total. The Balaban J connectivity index is 2.49. The molecule has 0 radical (unpaired) electrons. The van der Waals surface area contributed by atoms with Crippen LogP contribution in [0.15, 0.2) is 34.9 Å². The van der Waals surface area contributed by atoms with Gasteiger partial charge in [-0.1, -0.05) is 18.5 Å². The van der Waals surface area contributed by atoms with Crippen LogP contribution in [0.25, 0.3) is 11.1 Å². The van der Waals surface area contributed by atoms with Gasteiger partial charge in [0.05, 0.1) is 18.6 Å². The highest BCUT2D eigenvalue weighted by molar-refractivity contribution is 9.10. The molecule has 0 aliphatic heterocycles. The van der Waals surface area contributed by atoms with Crippen LogP contribution < -0.4 is 9.46 Å². The summed E-state index contributed by atoms with van der Waals surface area (Å²) in [6.45, 7) is 1.81. The predicted octanol–water partition coefficient (Wildman–Crippen LogP) is 4.32. The van der Waals surface area contributed by atoms with Crippen LogP contribution in [0.3, 0.4) is 0 Å². The van der Waals surface area contributed by atoms with Crippen molar-refractivity contribution in [1.82, 2.24) is 4.98 Å². The van der Waals surface area contributed by atoms with Crippen molar-refractivity contribution in [3.8, 4) is 16.9 Å². The lowest BCUT2D eigenvalue weighted by molar-refractivity contribution is 0.415. The van der Waals surface area contributed by atoms with E-state index in [1.54, 1.807) is 24.4 Å². The van der Waals surface area contributed by atoms with Gasteiger partial charge in [-0.3, -0.25) is 4.72 Å². The first-order chi connectivity index (χ1) is 10.8. The Morgan fingerprint density at radius 2 is 2.04 bits per heavy atom. The number of hydrogen-bond acceptors (Lipinski definition) is 4. The molecule has 0 bridgehead atoms. The zero-order valence-corrected chi connectivity index (χ0v) is 15.8. The molecule has 1 aromatic heterocycles. The van der Waals surface area contributed by atoms with Crippen LogP contribution in [0.1, 0.15) is 13.3 Å². The minimum absolute atomic E-state index is 0.0543. The first-order valence-electron chi connectivity index (χ1n) is 6.85. The maximum atomic E-state index is 12.0. The second-order valence-corrected chi connectivity index (χ2v) is 7.98. The fourth-order valence-corrected chi connectivity index (χ4v) is 3.72. The molecule has 124 valence electrons. The maximum Gasteiger partial charge on any atom is 0.232 e. The molecule has 0 fully saturated rings. The number of halogens is 2. The average molecular weight is 420 g/mol. The van der Waals surface area contributed by atoms with Crippen LogP contribution in [-0.4, -0.2) is 26.3 Å². The van der Waals surface area contributed by atoms with Gasteiger partial charge in [-0.25, -0.2) is 13.4 Å². The van der Waals surface area contributed by atoms with Crippen molar-refractivity contribution < 1.29 is 13.2 Å². The largest absolute Gasteiger partial charge is 0.497 e. The van der Waals surface area contributed by atoms with Crippen molar-refractivity contribution in [3.63, 3.8) is 0 Å². The van der Waals surface area contributed by atoms with Gasteiger partial charge >= 0.3 is 0 Å². The Kier molecular flexibility index (Phi) is 5.89. The monoisotopic (exact) mass is 418 g/mol. The van der Waals surface area contributed by atoms with Gasteiger partial charge in [-0.15, -0.1) is 0 Å². The zero-order valence-electron chi connectivity index (χ0n) is 12.6. The summed E-state index contributed by atoms with van der Waals surface area (Å²) in [5, 5.41) is 0.323. The Labute approximate surface area is 149 Å². The molecule has 2 aromatic rings. The van der Waals surface area contributed by atoms with Crippen molar-refractivity contribution in [3.05, 3.63) is 40.1 Å². The van der Waals surface area contributed by atoms with Crippen LogP contribution in [0.2, 0.25) is 5.15 Å². The third kappa shape index (κ3) is 4.83. The molecule has 0 spiro atoms. The first-order valence-corrected chi connectivity index (χ1v) is 9.68. The van der Waals surface area contributed by atoms with Crippen LogP contribution in [-0.2, 0) is 10.0 Å². The van der Waals surface area contributed by atoms with E-state index in [9.17, 15) is 8.42 Å². The summed E-state index contributed by atoms with van der Waals surface area (Å²) in [7, 11) is -1.87. The standard InChI is InChI=1S/C15H16BrClN2O3S/c1-3-4-23(20,21)19-12-5-10(6-13(8-12)22-2)14-7-11(16)9-18-15(14)17/h5-9,19H,3-4H2,1-2H3. The van der Waals surface area contributed by atoms with Crippen molar-refractivity contribution >= 4 is 43.2 Å². The van der Waals surface area contributed by atoms with Crippen molar-refractivity contribution in [2.24, 2.45) is 0 Å². The van der Waals surface area contributed by atoms with E-state index in [4.69, 9.17) is 16.3 Å². The number of aromatic nitrogens is 1. The van der Waals surface area contributed by atoms with Crippen LogP contribution >= 0.6 is 27.5 Å². The summed E-state index contributed by atoms with van der Waals surface area (Å²) in [4.78, 5) is 4.08. The molecule has 1 heterocycles. The smallest absolute Gasteiger partial charge is 0.232 e. The minimum atomic E-state index is -3.39. The van der Waals surface area contributed by atoms with E-state index in [1.165, 1.54) is 7.11 Å². The number of pyridine rings is 1. The number of sulfonamides is 1. The number of hydrogen-bond donors (Lipinski definition) is 1. The summed E-state index contributed by atoms with van der Waals surface area (Å²) in [5.74, 6) is 0.575. The Bertz CT molecular complexity index is 812. The second kappa shape index (κ2) is 7.51. The number of ether oxygens (including phenoxy) is 1. The lowest BCUT2D eigenvalue weighted by atomic mass is 10.1. The van der Waals surface area contributed by atoms with Gasteiger partial charge < -0.3 is 4.74 Å². The number of methoxy groups -OCH3 is 1. The van der Waals surface area contributed by atoms with E-state index >= 15 is 0 Å². The van der Waals surface area contributed by atoms with E-state index in [1.807, 2.05) is 13.0 Å². The number of benzene rings is 1. The fourth-order valence-electron chi connectivity index (χ4n) is 2.06. The summed E-state index contributed by atoms with van der Waals surface area (Å²) in [6, 6.07) is 6.91. The Morgan fingerprint density at radius 1 is 1.30 bits per heavy atom. The number of nitrogens with one attached hydrogen (secondary N) is 1. The molecule has 1 aromatic carbocycles. The predicted molar refractivity (Wildman–Crippen MR) is 96.6 cm³/mol. The number of rotatable bonds is 6. The molecule has 0 unspecified atom stereocenters. The van der Waals surface area contributed by atoms with Crippen molar-refractivity contribution in [1.29, 1.82) is 0 Å². The molecular formula is C15H16BrClN2O3S. The number of anilines is 1. The Morgan fingerprint density at radius 3 is 2.70 bits per heavy atom. The van der Waals surface area contributed by atoms with Crippen molar-refractivity contribution in [2.75, 3.05) is 17.6 Å². The number of nitrogens with zero attached hydrogens (tertiary/aromatic N) is 1. The van der Waals surface area contributed by atoms with Crippen LogP contribution in [0.5, 0.6) is 5.75 Å². The molecule has 0 atom stereocenters. The van der Waals surface area contributed by atoms with Gasteiger partial charge in [0.1, 0.15) is 10.9 Å². The third-order valence-corrected chi connectivity index (χ3v) is 5.23. The molecule has 0 aliphatic rings. The maximum absolute atomic E-state index is 12.0. The van der Waals surface area contributed by atoms with E-state index in [-0.39, 0.29) is 5.75 Å². The lowest BCUT2D eigenvalue weighted by Crippen LogP contribution is -2.16.